The Balaban J connectivity index is 2.61. The lowest BCUT2D eigenvalue weighted by molar-refractivity contribution is -0.129. The summed E-state index contributed by atoms with van der Waals surface area (Å²) in [7, 11) is -3.26. The van der Waals surface area contributed by atoms with Crippen molar-refractivity contribution in [1.82, 2.24) is 4.90 Å². The number of nitrogens with zero attached hydrogens (tertiary/aromatic N) is 1. The lowest BCUT2D eigenvalue weighted by Gasteiger charge is -2.24. The van der Waals surface area contributed by atoms with Crippen molar-refractivity contribution >= 4 is 15.7 Å². The van der Waals surface area contributed by atoms with Crippen LogP contribution in [0.2, 0.25) is 0 Å². The van der Waals surface area contributed by atoms with Gasteiger partial charge in [0.15, 0.2) is 9.84 Å². The topological polar surface area (TPSA) is 54.5 Å². The quantitative estimate of drug-likeness (QED) is 0.710. The van der Waals surface area contributed by atoms with E-state index in [0.29, 0.717) is 12.5 Å². The number of sulfone groups is 1. The van der Waals surface area contributed by atoms with E-state index in [1.165, 1.54) is 0 Å². The predicted octanol–water partition coefficient (Wildman–Crippen LogP) is 1.70. The fourth-order valence-electron chi connectivity index (χ4n) is 2.07. The second-order valence-corrected chi connectivity index (χ2v) is 8.23. The van der Waals surface area contributed by atoms with E-state index in [9.17, 15) is 13.2 Å². The van der Waals surface area contributed by atoms with Crippen LogP contribution in [0, 0.1) is 11.8 Å². The molecule has 1 fully saturated rings. The van der Waals surface area contributed by atoms with Crippen LogP contribution in [0.1, 0.15) is 40.5 Å². The van der Waals surface area contributed by atoms with Crippen LogP contribution in [0.3, 0.4) is 0 Å². The van der Waals surface area contributed by atoms with Crippen molar-refractivity contribution in [2.45, 2.75) is 46.6 Å². The molecule has 0 saturated heterocycles. The van der Waals surface area contributed by atoms with E-state index in [-0.39, 0.29) is 29.4 Å². The molecule has 1 aliphatic carbocycles. The molecule has 0 atom stereocenters. The zero-order valence-electron chi connectivity index (χ0n) is 11.8. The largest absolute Gasteiger partial charge is 0.339 e. The molecule has 1 amide bonds. The van der Waals surface area contributed by atoms with Gasteiger partial charge in [0.2, 0.25) is 5.91 Å². The summed E-state index contributed by atoms with van der Waals surface area (Å²) in [5, 5.41) is 0. The Kier molecular flexibility index (Phi) is 5.20. The van der Waals surface area contributed by atoms with E-state index >= 15 is 0 Å². The molecule has 0 radical (unpaired) electrons. The van der Waals surface area contributed by atoms with Gasteiger partial charge in [0, 0.05) is 12.6 Å². The SMILES string of the molecule is CC(C)CN(C(=O)CS(=O)(=O)CC(C)C)C1CC1. The third-order valence-electron chi connectivity index (χ3n) is 2.80. The molecule has 0 aliphatic heterocycles. The summed E-state index contributed by atoms with van der Waals surface area (Å²) >= 11 is 0. The zero-order chi connectivity index (χ0) is 13.9. The first-order chi connectivity index (χ1) is 8.21. The molecule has 4 nitrogen and oxygen atoms in total. The molecule has 1 aliphatic rings. The highest BCUT2D eigenvalue weighted by atomic mass is 32.2. The minimum absolute atomic E-state index is 0.0715. The Morgan fingerprint density at radius 2 is 1.72 bits per heavy atom. The van der Waals surface area contributed by atoms with Crippen LogP contribution in [0.4, 0.5) is 0 Å². The van der Waals surface area contributed by atoms with E-state index < -0.39 is 9.84 Å². The van der Waals surface area contributed by atoms with Crippen molar-refractivity contribution in [2.24, 2.45) is 11.8 Å². The first kappa shape index (κ1) is 15.5. The maximum absolute atomic E-state index is 12.1. The van der Waals surface area contributed by atoms with E-state index in [1.54, 1.807) is 4.90 Å². The number of hydrogen-bond donors (Lipinski definition) is 0. The average molecular weight is 275 g/mol. The molecule has 0 aromatic heterocycles. The minimum Gasteiger partial charge on any atom is -0.339 e. The molecule has 5 heteroatoms. The number of hydrogen-bond acceptors (Lipinski definition) is 3. The molecule has 0 spiro atoms. The number of carbonyl (C=O) groups excluding carboxylic acids is 1. The van der Waals surface area contributed by atoms with Crippen molar-refractivity contribution in [3.05, 3.63) is 0 Å². The zero-order valence-corrected chi connectivity index (χ0v) is 12.7. The number of carbonyl (C=O) groups is 1. The summed E-state index contributed by atoms with van der Waals surface area (Å²) in [4.78, 5) is 13.9. The van der Waals surface area contributed by atoms with Gasteiger partial charge in [0.1, 0.15) is 5.75 Å². The Morgan fingerprint density at radius 3 is 2.11 bits per heavy atom. The van der Waals surface area contributed by atoms with Crippen molar-refractivity contribution in [2.75, 3.05) is 18.1 Å². The van der Waals surface area contributed by atoms with Crippen LogP contribution in [0.5, 0.6) is 0 Å². The standard InChI is InChI=1S/C13H25NO3S/c1-10(2)7-14(12-5-6-12)13(15)9-18(16,17)8-11(3)4/h10-12H,5-9H2,1-4H3. The van der Waals surface area contributed by atoms with Gasteiger partial charge in [0.05, 0.1) is 5.75 Å². The van der Waals surface area contributed by atoms with E-state index in [4.69, 9.17) is 0 Å². The Morgan fingerprint density at radius 1 is 1.17 bits per heavy atom. The van der Waals surface area contributed by atoms with Crippen molar-refractivity contribution < 1.29 is 13.2 Å². The van der Waals surface area contributed by atoms with Crippen molar-refractivity contribution in [1.29, 1.82) is 0 Å². The van der Waals surface area contributed by atoms with Crippen LogP contribution >= 0.6 is 0 Å². The highest BCUT2D eigenvalue weighted by Gasteiger charge is 2.34. The highest BCUT2D eigenvalue weighted by molar-refractivity contribution is 7.92. The lowest BCUT2D eigenvalue weighted by atomic mass is 10.2. The molecule has 18 heavy (non-hydrogen) atoms. The molecule has 1 saturated carbocycles. The molecule has 0 aromatic rings. The van der Waals surface area contributed by atoms with Crippen LogP contribution < -0.4 is 0 Å². The maximum Gasteiger partial charge on any atom is 0.238 e. The Hall–Kier alpha value is -0.580. The van der Waals surface area contributed by atoms with Crippen LogP contribution in [0.25, 0.3) is 0 Å². The first-order valence-electron chi connectivity index (χ1n) is 6.71. The second kappa shape index (κ2) is 6.04. The summed E-state index contributed by atoms with van der Waals surface area (Å²) in [5.41, 5.74) is 0. The van der Waals surface area contributed by atoms with Crippen LogP contribution in [-0.4, -0.2) is 43.3 Å². The van der Waals surface area contributed by atoms with Gasteiger partial charge in [-0.2, -0.15) is 0 Å². The van der Waals surface area contributed by atoms with Crippen molar-refractivity contribution in [3.63, 3.8) is 0 Å². The van der Waals surface area contributed by atoms with Gasteiger partial charge in [-0.05, 0) is 24.7 Å². The highest BCUT2D eigenvalue weighted by Crippen LogP contribution is 2.27. The summed E-state index contributed by atoms with van der Waals surface area (Å²) in [6.45, 7) is 8.47. The van der Waals surface area contributed by atoms with Gasteiger partial charge in [0.25, 0.3) is 0 Å². The molecule has 0 heterocycles. The molecule has 0 bridgehead atoms. The smallest absolute Gasteiger partial charge is 0.238 e. The van der Waals surface area contributed by atoms with Crippen molar-refractivity contribution in [3.8, 4) is 0 Å². The molecule has 0 unspecified atom stereocenters. The predicted molar refractivity (Wildman–Crippen MR) is 73.1 cm³/mol. The third kappa shape index (κ3) is 5.38. The van der Waals surface area contributed by atoms with Gasteiger partial charge in [-0.1, -0.05) is 27.7 Å². The van der Waals surface area contributed by atoms with Crippen LogP contribution in [-0.2, 0) is 14.6 Å². The van der Waals surface area contributed by atoms with E-state index in [1.807, 2.05) is 27.7 Å². The summed E-state index contributed by atoms with van der Waals surface area (Å²) < 4.78 is 23.7. The van der Waals surface area contributed by atoms with Gasteiger partial charge in [-0.25, -0.2) is 8.42 Å². The fraction of sp³-hybridized carbons (Fsp3) is 0.923. The monoisotopic (exact) mass is 275 g/mol. The van der Waals surface area contributed by atoms with Crippen LogP contribution in [0.15, 0.2) is 0 Å². The van der Waals surface area contributed by atoms with Gasteiger partial charge < -0.3 is 4.90 Å². The number of rotatable bonds is 7. The van der Waals surface area contributed by atoms with Gasteiger partial charge in [-0.3, -0.25) is 4.79 Å². The Bertz CT molecular complexity index is 383. The number of amides is 1. The minimum atomic E-state index is -3.26. The normalized spacial score (nSPS) is 16.3. The summed E-state index contributed by atoms with van der Waals surface area (Å²) in [6.07, 6.45) is 2.03. The van der Waals surface area contributed by atoms with Gasteiger partial charge >= 0.3 is 0 Å². The fourth-order valence-corrected chi connectivity index (χ4v) is 3.75. The first-order valence-corrected chi connectivity index (χ1v) is 8.53. The molecule has 0 N–H and O–H groups in total. The lowest BCUT2D eigenvalue weighted by Crippen LogP contribution is -2.40. The summed E-state index contributed by atoms with van der Waals surface area (Å²) in [6, 6.07) is 0.286. The average Bonchev–Trinajstić information content (AvgIpc) is 2.93. The molecule has 106 valence electrons. The second-order valence-electron chi connectivity index (χ2n) is 6.12. The molecular formula is C13H25NO3S. The Labute approximate surface area is 111 Å². The third-order valence-corrected chi connectivity index (χ3v) is 4.66. The summed E-state index contributed by atoms with van der Waals surface area (Å²) in [5.74, 6) is 0.00400. The molecular weight excluding hydrogens is 250 g/mol. The maximum atomic E-state index is 12.1. The van der Waals surface area contributed by atoms with E-state index in [0.717, 1.165) is 12.8 Å². The van der Waals surface area contributed by atoms with E-state index in [2.05, 4.69) is 0 Å². The molecule has 0 aromatic carbocycles. The van der Waals surface area contributed by atoms with Gasteiger partial charge in [-0.15, -0.1) is 0 Å². The molecule has 1 rings (SSSR count).